The van der Waals surface area contributed by atoms with E-state index in [1.807, 2.05) is 6.07 Å². The average molecular weight is 337 g/mol. The number of aryl methyl sites for hydroxylation is 1. The molecule has 2 rings (SSSR count). The van der Waals surface area contributed by atoms with Gasteiger partial charge in [-0.2, -0.15) is 17.7 Å². The molecule has 1 aromatic heterocycles. The molecule has 0 bridgehead atoms. The van der Waals surface area contributed by atoms with Crippen molar-refractivity contribution < 1.29 is 30.7 Å². The Morgan fingerprint density at radius 3 is 2.38 bits per heavy atom. The highest BCUT2D eigenvalue weighted by Gasteiger charge is 2.36. The normalized spacial score (nSPS) is 11.6. The molecule has 1 heterocycles. The first kappa shape index (κ1) is 17.4. The number of fused-ring (bicyclic) bond motifs is 1. The molecule has 0 fully saturated rings. The van der Waals surface area contributed by atoms with Gasteiger partial charge in [-0.3, -0.25) is 0 Å². The van der Waals surface area contributed by atoms with Crippen LogP contribution in [0.2, 0.25) is 0 Å². The second-order valence-electron chi connectivity index (χ2n) is 3.78. The minimum atomic E-state index is -6.09. The molecule has 0 saturated heterocycles. The van der Waals surface area contributed by atoms with Gasteiger partial charge in [0.25, 0.3) is 0 Å². The second kappa shape index (κ2) is 6.43. The summed E-state index contributed by atoms with van der Waals surface area (Å²) in [6.45, 7) is 2.76. The number of halogens is 3. The fourth-order valence-electron chi connectivity index (χ4n) is 1.44. The maximum atomic E-state index is 10.7. The van der Waals surface area contributed by atoms with Gasteiger partial charge >= 0.3 is 5.51 Å². The van der Waals surface area contributed by atoms with Crippen LogP contribution >= 0.6 is 11.3 Å². The highest BCUT2D eigenvalue weighted by molar-refractivity contribution is 7.86. The standard InChI is InChI=1S/C11H10NS.CHF3O3S/c1-3-8-12-9(2)13-11-7-5-4-6-10(11)12;2-1(3,4)8(5,6)7/h1,4-7H,8H2,2H3;(H,5,6,7)/q+1;/p-1. The third-order valence-electron chi connectivity index (χ3n) is 2.33. The summed E-state index contributed by atoms with van der Waals surface area (Å²) in [5.41, 5.74) is -4.41. The lowest BCUT2D eigenvalue weighted by Gasteiger charge is -2.08. The van der Waals surface area contributed by atoms with Crippen LogP contribution in [0.4, 0.5) is 13.2 Å². The van der Waals surface area contributed by atoms with Crippen LogP contribution < -0.4 is 4.57 Å². The van der Waals surface area contributed by atoms with Gasteiger partial charge in [-0.15, -0.1) is 6.42 Å². The Hall–Kier alpha value is -1.63. The van der Waals surface area contributed by atoms with Crippen molar-refractivity contribution in [2.75, 3.05) is 0 Å². The third kappa shape index (κ3) is 4.42. The first-order valence-corrected chi connectivity index (χ1v) is 7.64. The second-order valence-corrected chi connectivity index (χ2v) is 6.38. The summed E-state index contributed by atoms with van der Waals surface area (Å²) >= 11 is 1.79. The van der Waals surface area contributed by atoms with Crippen molar-refractivity contribution in [3.8, 4) is 12.3 Å². The highest BCUT2D eigenvalue weighted by atomic mass is 32.2. The molecule has 4 nitrogen and oxygen atoms in total. The van der Waals surface area contributed by atoms with E-state index < -0.39 is 15.6 Å². The minimum Gasteiger partial charge on any atom is -0.741 e. The number of terminal acetylenes is 1. The van der Waals surface area contributed by atoms with Gasteiger partial charge < -0.3 is 4.55 Å². The van der Waals surface area contributed by atoms with Gasteiger partial charge in [0.1, 0.15) is 4.70 Å². The van der Waals surface area contributed by atoms with Gasteiger partial charge in [0.05, 0.1) is 0 Å². The summed E-state index contributed by atoms with van der Waals surface area (Å²) in [7, 11) is -6.09. The van der Waals surface area contributed by atoms with Crippen LogP contribution in [0.1, 0.15) is 5.01 Å². The number of aromatic nitrogens is 1. The van der Waals surface area contributed by atoms with E-state index in [9.17, 15) is 13.2 Å². The summed E-state index contributed by atoms with van der Waals surface area (Å²) in [5.74, 6) is 2.67. The summed E-state index contributed by atoms with van der Waals surface area (Å²) in [6.07, 6.45) is 5.31. The topological polar surface area (TPSA) is 61.1 Å². The number of para-hydroxylation sites is 1. The van der Waals surface area contributed by atoms with Gasteiger partial charge in [0, 0.05) is 13.0 Å². The van der Waals surface area contributed by atoms with Crippen molar-refractivity contribution in [3.05, 3.63) is 29.3 Å². The molecule has 0 aliphatic carbocycles. The van der Waals surface area contributed by atoms with Crippen molar-refractivity contribution >= 4 is 31.7 Å². The zero-order chi connectivity index (χ0) is 16.3. The van der Waals surface area contributed by atoms with Crippen molar-refractivity contribution in [1.29, 1.82) is 0 Å². The monoisotopic (exact) mass is 337 g/mol. The lowest BCUT2D eigenvalue weighted by molar-refractivity contribution is -0.660. The van der Waals surface area contributed by atoms with Gasteiger partial charge in [-0.25, -0.2) is 8.42 Å². The lowest BCUT2D eigenvalue weighted by atomic mass is 10.3. The Bertz CT molecular complexity index is 773. The van der Waals surface area contributed by atoms with Crippen molar-refractivity contribution in [3.63, 3.8) is 0 Å². The molecule has 0 spiro atoms. The van der Waals surface area contributed by atoms with Crippen molar-refractivity contribution in [2.45, 2.75) is 19.0 Å². The summed E-state index contributed by atoms with van der Waals surface area (Å²) in [4.78, 5) is 0. The summed E-state index contributed by atoms with van der Waals surface area (Å²) < 4.78 is 62.4. The Morgan fingerprint density at radius 1 is 1.38 bits per heavy atom. The van der Waals surface area contributed by atoms with Gasteiger partial charge in [0.15, 0.2) is 10.1 Å². The zero-order valence-corrected chi connectivity index (χ0v) is 12.3. The van der Waals surface area contributed by atoms with Gasteiger partial charge in [-0.1, -0.05) is 23.5 Å². The Kier molecular flexibility index (Phi) is 5.33. The maximum absolute atomic E-state index is 10.7. The summed E-state index contributed by atoms with van der Waals surface area (Å²) in [6, 6.07) is 8.33. The van der Waals surface area contributed by atoms with E-state index >= 15 is 0 Å². The Balaban J connectivity index is 0.000000240. The summed E-state index contributed by atoms with van der Waals surface area (Å²) in [5, 5.41) is 1.26. The van der Waals surface area contributed by atoms with Crippen LogP contribution in [0, 0.1) is 19.3 Å². The highest BCUT2D eigenvalue weighted by Crippen LogP contribution is 2.20. The average Bonchev–Trinajstić information content (AvgIpc) is 2.65. The first-order valence-electron chi connectivity index (χ1n) is 5.41. The van der Waals surface area contributed by atoms with E-state index in [-0.39, 0.29) is 0 Å². The predicted octanol–water partition coefficient (Wildman–Crippen LogP) is 2.18. The zero-order valence-electron chi connectivity index (χ0n) is 10.7. The molecule has 114 valence electrons. The molecule has 2 aromatic rings. The maximum Gasteiger partial charge on any atom is 0.485 e. The predicted molar refractivity (Wildman–Crippen MR) is 71.3 cm³/mol. The number of hydrogen-bond acceptors (Lipinski definition) is 4. The fourth-order valence-corrected chi connectivity index (χ4v) is 2.46. The van der Waals surface area contributed by atoms with E-state index in [4.69, 9.17) is 19.4 Å². The van der Waals surface area contributed by atoms with Crippen LogP contribution in [0.15, 0.2) is 24.3 Å². The molecule has 0 unspecified atom stereocenters. The van der Waals surface area contributed by atoms with Crippen LogP contribution in [0.3, 0.4) is 0 Å². The fraction of sp³-hybridized carbons (Fsp3) is 0.250. The van der Waals surface area contributed by atoms with E-state index in [1.54, 1.807) is 11.3 Å². The van der Waals surface area contributed by atoms with Crippen LogP contribution in [0.5, 0.6) is 0 Å². The lowest BCUT2D eigenvalue weighted by Crippen LogP contribution is -2.34. The molecular weight excluding hydrogens is 327 g/mol. The largest absolute Gasteiger partial charge is 0.741 e. The number of rotatable bonds is 1. The third-order valence-corrected chi connectivity index (χ3v) is 3.97. The van der Waals surface area contributed by atoms with Gasteiger partial charge in [-0.05, 0) is 12.0 Å². The van der Waals surface area contributed by atoms with Crippen LogP contribution in [-0.4, -0.2) is 18.5 Å². The Labute approximate surface area is 123 Å². The number of benzene rings is 1. The first-order chi connectivity index (χ1) is 9.58. The Morgan fingerprint density at radius 2 is 1.90 bits per heavy atom. The molecule has 9 heteroatoms. The molecule has 0 amide bonds. The van der Waals surface area contributed by atoms with Gasteiger partial charge in [0.2, 0.25) is 17.1 Å². The number of alkyl halides is 3. The minimum absolute atomic E-state index is 0.663. The molecule has 0 radical (unpaired) electrons. The number of hydrogen-bond donors (Lipinski definition) is 0. The van der Waals surface area contributed by atoms with Crippen molar-refractivity contribution in [1.82, 2.24) is 0 Å². The van der Waals surface area contributed by atoms with Crippen LogP contribution in [0.25, 0.3) is 10.2 Å². The number of thiazole rings is 1. The van der Waals surface area contributed by atoms with Crippen molar-refractivity contribution in [2.24, 2.45) is 0 Å². The van der Waals surface area contributed by atoms with E-state index in [1.165, 1.54) is 15.2 Å². The molecule has 0 N–H and O–H groups in total. The van der Waals surface area contributed by atoms with Crippen LogP contribution in [-0.2, 0) is 16.7 Å². The molecule has 0 aliphatic rings. The molecule has 0 saturated carbocycles. The molecule has 1 aromatic carbocycles. The number of nitrogens with zero attached hydrogens (tertiary/aromatic N) is 1. The molecule has 0 atom stereocenters. The van der Waals surface area contributed by atoms with E-state index in [2.05, 4.69) is 35.6 Å². The smallest absolute Gasteiger partial charge is 0.485 e. The molecule has 21 heavy (non-hydrogen) atoms. The van der Waals surface area contributed by atoms with E-state index in [0.717, 1.165) is 0 Å². The molecular formula is C12H10F3NO3S2. The van der Waals surface area contributed by atoms with E-state index in [0.29, 0.717) is 6.54 Å². The quantitative estimate of drug-likeness (QED) is 0.347. The SMILES string of the molecule is C#CC[n+]1c(C)sc2ccccc21.O=S(=O)([O-])C(F)(F)F. The molecule has 0 aliphatic heterocycles.